The number of ether oxygens (including phenoxy) is 3. The zero-order valence-electron chi connectivity index (χ0n) is 19.0. The second kappa shape index (κ2) is 9.02. The Labute approximate surface area is 197 Å². The molecule has 1 aliphatic carbocycles. The molecular formula is C25H30BrNO5. The van der Waals surface area contributed by atoms with Gasteiger partial charge in [-0.15, -0.1) is 0 Å². The monoisotopic (exact) mass is 503 g/mol. The summed E-state index contributed by atoms with van der Waals surface area (Å²) in [5.41, 5.74) is 3.30. The highest BCUT2D eigenvalue weighted by Crippen LogP contribution is 2.49. The van der Waals surface area contributed by atoms with Crippen LogP contribution in [0.5, 0.6) is 5.75 Å². The van der Waals surface area contributed by atoms with Crippen LogP contribution in [0.15, 0.2) is 45.2 Å². The highest BCUT2D eigenvalue weighted by Gasteiger charge is 2.44. The molecule has 0 radical (unpaired) electrons. The number of hydrogen-bond donors (Lipinski definition) is 1. The number of rotatable bonds is 5. The molecule has 1 saturated heterocycles. The third-order valence-corrected chi connectivity index (χ3v) is 6.88. The standard InChI is InChI=1S/C25H30BrNO5/c1-14-21(24(29)32-13-16-6-5-9-31-16)22(17-10-15(26)7-8-20(17)30-4)23-18(27-14)11-25(2,3)12-19(23)28/h7-8,10,16,22,27H,5-6,9,11-13H2,1-4H3/t16-,22-/m0/s1. The van der Waals surface area contributed by atoms with Crippen LogP contribution in [0.4, 0.5) is 0 Å². The van der Waals surface area contributed by atoms with Gasteiger partial charge < -0.3 is 19.5 Å². The number of halogens is 1. The molecule has 0 unspecified atom stereocenters. The van der Waals surface area contributed by atoms with Crippen molar-refractivity contribution >= 4 is 27.7 Å². The lowest BCUT2D eigenvalue weighted by Crippen LogP contribution is -2.39. The second-order valence-corrected chi connectivity index (χ2v) is 10.5. The Balaban J connectivity index is 1.78. The summed E-state index contributed by atoms with van der Waals surface area (Å²) in [6.07, 6.45) is 2.95. The normalized spacial score (nSPS) is 24.8. The summed E-state index contributed by atoms with van der Waals surface area (Å²) in [5.74, 6) is -0.310. The van der Waals surface area contributed by atoms with Gasteiger partial charge in [0.2, 0.25) is 0 Å². The zero-order valence-corrected chi connectivity index (χ0v) is 20.6. The summed E-state index contributed by atoms with van der Waals surface area (Å²) >= 11 is 3.54. The van der Waals surface area contributed by atoms with E-state index in [4.69, 9.17) is 14.2 Å². The number of carbonyl (C=O) groups is 2. The van der Waals surface area contributed by atoms with Gasteiger partial charge in [-0.3, -0.25) is 4.79 Å². The number of carbonyl (C=O) groups excluding carboxylic acids is 2. The van der Waals surface area contributed by atoms with E-state index in [0.717, 1.165) is 35.0 Å². The van der Waals surface area contributed by atoms with Crippen LogP contribution in [0.2, 0.25) is 0 Å². The Morgan fingerprint density at radius 1 is 1.31 bits per heavy atom. The van der Waals surface area contributed by atoms with E-state index < -0.39 is 11.9 Å². The fourth-order valence-electron chi connectivity index (χ4n) is 4.97. The number of Topliss-reactive ketones (excluding diaryl/α,β-unsaturated/α-hetero) is 1. The van der Waals surface area contributed by atoms with Crippen molar-refractivity contribution in [2.45, 2.75) is 58.5 Å². The Kier molecular flexibility index (Phi) is 6.50. The predicted molar refractivity (Wildman–Crippen MR) is 124 cm³/mol. The molecule has 2 aliphatic heterocycles. The van der Waals surface area contributed by atoms with Crippen molar-refractivity contribution < 1.29 is 23.8 Å². The molecule has 1 N–H and O–H groups in total. The lowest BCUT2D eigenvalue weighted by molar-refractivity contribution is -0.142. The summed E-state index contributed by atoms with van der Waals surface area (Å²) in [7, 11) is 1.60. The van der Waals surface area contributed by atoms with Crippen molar-refractivity contribution in [2.75, 3.05) is 20.3 Å². The maximum Gasteiger partial charge on any atom is 0.336 e. The number of ketones is 1. The Hall–Kier alpha value is -2.12. The average Bonchev–Trinajstić information content (AvgIpc) is 3.23. The van der Waals surface area contributed by atoms with Crippen molar-refractivity contribution in [1.82, 2.24) is 5.32 Å². The summed E-state index contributed by atoms with van der Waals surface area (Å²) in [4.78, 5) is 26.8. The third-order valence-electron chi connectivity index (χ3n) is 6.39. The lowest BCUT2D eigenvalue weighted by Gasteiger charge is -2.39. The van der Waals surface area contributed by atoms with Gasteiger partial charge in [-0.25, -0.2) is 4.79 Å². The highest BCUT2D eigenvalue weighted by molar-refractivity contribution is 9.10. The first-order valence-corrected chi connectivity index (χ1v) is 11.9. The van der Waals surface area contributed by atoms with Gasteiger partial charge >= 0.3 is 5.97 Å². The van der Waals surface area contributed by atoms with E-state index >= 15 is 0 Å². The van der Waals surface area contributed by atoms with E-state index in [-0.39, 0.29) is 23.9 Å². The van der Waals surface area contributed by atoms with Crippen molar-refractivity contribution in [1.29, 1.82) is 0 Å². The van der Waals surface area contributed by atoms with Crippen LogP contribution < -0.4 is 10.1 Å². The number of hydrogen-bond acceptors (Lipinski definition) is 6. The third kappa shape index (κ3) is 4.50. The van der Waals surface area contributed by atoms with Crippen molar-refractivity contribution in [3.8, 4) is 5.75 Å². The van der Waals surface area contributed by atoms with Crippen LogP contribution in [-0.2, 0) is 19.1 Å². The average molecular weight is 504 g/mol. The first kappa shape index (κ1) is 23.1. The molecule has 0 amide bonds. The molecule has 0 bridgehead atoms. The zero-order chi connectivity index (χ0) is 23.0. The van der Waals surface area contributed by atoms with Crippen LogP contribution in [0.3, 0.4) is 0 Å². The van der Waals surface area contributed by atoms with E-state index in [0.29, 0.717) is 35.6 Å². The van der Waals surface area contributed by atoms with Crippen LogP contribution in [0.1, 0.15) is 57.9 Å². The summed E-state index contributed by atoms with van der Waals surface area (Å²) in [6.45, 7) is 6.97. The molecule has 172 valence electrons. The van der Waals surface area contributed by atoms with Gasteiger partial charge in [0.25, 0.3) is 0 Å². The molecule has 1 fully saturated rings. The van der Waals surface area contributed by atoms with E-state index in [2.05, 4.69) is 35.1 Å². The number of allylic oxidation sites excluding steroid dienone is 3. The number of dihydropyridines is 1. The van der Waals surface area contributed by atoms with Crippen molar-refractivity contribution in [3.63, 3.8) is 0 Å². The Bertz CT molecular complexity index is 1000. The Morgan fingerprint density at radius 2 is 2.09 bits per heavy atom. The van der Waals surface area contributed by atoms with Crippen LogP contribution in [-0.4, -0.2) is 38.2 Å². The van der Waals surface area contributed by atoms with Gasteiger partial charge in [0, 0.05) is 40.0 Å². The summed E-state index contributed by atoms with van der Waals surface area (Å²) < 4.78 is 17.8. The van der Waals surface area contributed by atoms with Gasteiger partial charge in [0.15, 0.2) is 5.78 Å². The maximum absolute atomic E-state index is 13.4. The second-order valence-electron chi connectivity index (χ2n) is 9.55. The van der Waals surface area contributed by atoms with Gasteiger partial charge in [-0.1, -0.05) is 29.8 Å². The maximum atomic E-state index is 13.4. The number of nitrogens with one attached hydrogen (secondary N) is 1. The molecule has 0 spiro atoms. The summed E-state index contributed by atoms with van der Waals surface area (Å²) in [5, 5.41) is 3.37. The van der Waals surface area contributed by atoms with Gasteiger partial charge in [0.1, 0.15) is 12.4 Å². The minimum atomic E-state index is -0.556. The molecular weight excluding hydrogens is 474 g/mol. The van der Waals surface area contributed by atoms with E-state index in [1.54, 1.807) is 7.11 Å². The fraction of sp³-hybridized carbons (Fsp3) is 0.520. The number of esters is 1. The molecule has 2 heterocycles. The molecule has 1 aromatic rings. The molecule has 0 aromatic heterocycles. The molecule has 7 heteroatoms. The van der Waals surface area contributed by atoms with E-state index in [9.17, 15) is 9.59 Å². The summed E-state index contributed by atoms with van der Waals surface area (Å²) in [6, 6.07) is 5.66. The molecule has 1 aromatic carbocycles. The number of methoxy groups -OCH3 is 1. The smallest absolute Gasteiger partial charge is 0.336 e. The van der Waals surface area contributed by atoms with Gasteiger partial charge in [0.05, 0.1) is 24.7 Å². The lowest BCUT2D eigenvalue weighted by atomic mass is 9.68. The Morgan fingerprint density at radius 3 is 2.78 bits per heavy atom. The molecule has 2 atom stereocenters. The SMILES string of the molecule is COc1ccc(Br)cc1[C@H]1C(C(=O)OC[C@@H]2CCCO2)=C(C)NC2=C1C(=O)CC(C)(C)C2. The number of benzene rings is 1. The first-order valence-electron chi connectivity index (χ1n) is 11.1. The van der Waals surface area contributed by atoms with Crippen LogP contribution in [0.25, 0.3) is 0 Å². The molecule has 0 saturated carbocycles. The molecule has 6 nitrogen and oxygen atoms in total. The minimum Gasteiger partial charge on any atom is -0.496 e. The predicted octanol–water partition coefficient (Wildman–Crippen LogP) is 4.78. The highest BCUT2D eigenvalue weighted by atomic mass is 79.9. The molecule has 4 rings (SSSR count). The van der Waals surface area contributed by atoms with E-state index in [1.807, 2.05) is 25.1 Å². The van der Waals surface area contributed by atoms with Crippen molar-refractivity contribution in [2.24, 2.45) is 5.41 Å². The van der Waals surface area contributed by atoms with Gasteiger partial charge in [-0.2, -0.15) is 0 Å². The van der Waals surface area contributed by atoms with Crippen molar-refractivity contribution in [3.05, 3.63) is 50.8 Å². The minimum absolute atomic E-state index is 0.0488. The van der Waals surface area contributed by atoms with Gasteiger partial charge in [-0.05, 0) is 49.8 Å². The molecule has 3 aliphatic rings. The van der Waals surface area contributed by atoms with Crippen LogP contribution >= 0.6 is 15.9 Å². The largest absolute Gasteiger partial charge is 0.496 e. The quantitative estimate of drug-likeness (QED) is 0.582. The first-order chi connectivity index (χ1) is 15.2. The topological polar surface area (TPSA) is 73.9 Å². The fourth-order valence-corrected chi connectivity index (χ4v) is 5.35. The van der Waals surface area contributed by atoms with E-state index in [1.165, 1.54) is 0 Å². The molecule has 32 heavy (non-hydrogen) atoms. The van der Waals surface area contributed by atoms with Crippen LogP contribution in [0, 0.1) is 5.41 Å².